The van der Waals surface area contributed by atoms with Crippen LogP contribution in [0.3, 0.4) is 0 Å². The van der Waals surface area contributed by atoms with Crippen molar-refractivity contribution in [2.24, 2.45) is 0 Å². The van der Waals surface area contributed by atoms with Crippen molar-refractivity contribution in [3.05, 3.63) is 34.4 Å². The van der Waals surface area contributed by atoms with Gasteiger partial charge >= 0.3 is 0 Å². The minimum atomic E-state index is 0.780. The molecule has 12 heavy (non-hydrogen) atoms. The van der Waals surface area contributed by atoms with Crippen molar-refractivity contribution in [1.82, 2.24) is 0 Å². The molecule has 0 aliphatic carbocycles. The molecule has 0 N–H and O–H groups in total. The molecule has 0 bridgehead atoms. The smallest absolute Gasteiger partial charge is 0.0728 e. The highest BCUT2D eigenvalue weighted by Gasteiger charge is 2.21. The lowest BCUT2D eigenvalue weighted by Crippen LogP contribution is -1.91. The zero-order chi connectivity index (χ0) is 7.97. The van der Waals surface area contributed by atoms with Gasteiger partial charge in [0.15, 0.2) is 0 Å². The third kappa shape index (κ3) is 0.765. The van der Waals surface area contributed by atoms with Crippen LogP contribution < -0.4 is 0 Å². The second kappa shape index (κ2) is 2.31. The summed E-state index contributed by atoms with van der Waals surface area (Å²) in [6.45, 7) is 3.12. The fourth-order valence-electron chi connectivity index (χ4n) is 1.95. The van der Waals surface area contributed by atoms with Crippen molar-refractivity contribution in [3.8, 4) is 0 Å². The van der Waals surface area contributed by atoms with Gasteiger partial charge in [0.05, 0.1) is 26.4 Å². The van der Waals surface area contributed by atoms with E-state index in [2.05, 4.69) is 12.1 Å². The predicted molar refractivity (Wildman–Crippen MR) is 43.4 cm³/mol. The van der Waals surface area contributed by atoms with Gasteiger partial charge in [-0.3, -0.25) is 0 Å². The molecule has 2 heteroatoms. The molecule has 62 valence electrons. The fraction of sp³-hybridized carbons (Fsp3) is 0.400. The maximum absolute atomic E-state index is 5.38. The lowest BCUT2D eigenvalue weighted by atomic mass is 10.0. The van der Waals surface area contributed by atoms with Crippen LogP contribution in [0.1, 0.15) is 22.3 Å². The van der Waals surface area contributed by atoms with Crippen LogP contribution in [0.25, 0.3) is 0 Å². The Hall–Kier alpha value is -0.860. The number of benzene rings is 1. The molecule has 0 amide bonds. The molecule has 0 unspecified atom stereocenters. The summed E-state index contributed by atoms with van der Waals surface area (Å²) in [6.07, 6.45) is 0. The average molecular weight is 162 g/mol. The molecule has 0 saturated carbocycles. The molecular weight excluding hydrogens is 152 g/mol. The minimum Gasteiger partial charge on any atom is -0.372 e. The van der Waals surface area contributed by atoms with Gasteiger partial charge in [-0.25, -0.2) is 0 Å². The maximum atomic E-state index is 5.38. The minimum absolute atomic E-state index is 0.780. The van der Waals surface area contributed by atoms with E-state index in [0.717, 1.165) is 26.4 Å². The predicted octanol–water partition coefficient (Wildman–Crippen LogP) is 1.75. The van der Waals surface area contributed by atoms with Gasteiger partial charge in [-0.05, 0) is 22.3 Å². The van der Waals surface area contributed by atoms with E-state index in [1.165, 1.54) is 22.3 Å². The second-order valence-electron chi connectivity index (χ2n) is 3.33. The molecule has 2 aliphatic rings. The summed E-state index contributed by atoms with van der Waals surface area (Å²) in [5.41, 5.74) is 5.45. The lowest BCUT2D eigenvalue weighted by Gasteiger charge is -2.02. The third-order valence-electron chi connectivity index (χ3n) is 2.63. The molecule has 0 saturated heterocycles. The number of hydrogen-bond donors (Lipinski definition) is 0. The number of rotatable bonds is 0. The summed E-state index contributed by atoms with van der Waals surface area (Å²) >= 11 is 0. The third-order valence-corrected chi connectivity index (χ3v) is 2.63. The first-order valence-electron chi connectivity index (χ1n) is 4.23. The van der Waals surface area contributed by atoms with Gasteiger partial charge in [-0.15, -0.1) is 0 Å². The quantitative estimate of drug-likeness (QED) is 0.578. The fourth-order valence-corrected chi connectivity index (χ4v) is 1.95. The van der Waals surface area contributed by atoms with Gasteiger partial charge in [0.2, 0.25) is 0 Å². The summed E-state index contributed by atoms with van der Waals surface area (Å²) in [4.78, 5) is 0. The van der Waals surface area contributed by atoms with E-state index < -0.39 is 0 Å². The van der Waals surface area contributed by atoms with Crippen molar-refractivity contribution in [3.63, 3.8) is 0 Å². The van der Waals surface area contributed by atoms with Crippen LogP contribution >= 0.6 is 0 Å². The van der Waals surface area contributed by atoms with E-state index in [9.17, 15) is 0 Å². The summed E-state index contributed by atoms with van der Waals surface area (Å²) in [5, 5.41) is 0. The lowest BCUT2D eigenvalue weighted by molar-refractivity contribution is 0.126. The van der Waals surface area contributed by atoms with Crippen LogP contribution in [0, 0.1) is 0 Å². The molecule has 2 heterocycles. The van der Waals surface area contributed by atoms with E-state index in [0.29, 0.717) is 0 Å². The Bertz CT molecular complexity index is 298. The van der Waals surface area contributed by atoms with E-state index in [1.807, 2.05) is 0 Å². The molecule has 0 fully saturated rings. The number of ether oxygens (including phenoxy) is 2. The van der Waals surface area contributed by atoms with Crippen molar-refractivity contribution in [2.75, 3.05) is 0 Å². The van der Waals surface area contributed by atoms with E-state index in [-0.39, 0.29) is 0 Å². The number of fused-ring (bicyclic) bond motifs is 3. The SMILES string of the molecule is c1cc2c(c3c1COC3)COC2. The molecule has 0 spiro atoms. The summed E-state index contributed by atoms with van der Waals surface area (Å²) in [7, 11) is 0. The van der Waals surface area contributed by atoms with Crippen molar-refractivity contribution < 1.29 is 9.47 Å². The van der Waals surface area contributed by atoms with Crippen LogP contribution in [0.15, 0.2) is 12.1 Å². The Morgan fingerprint density at radius 3 is 1.75 bits per heavy atom. The van der Waals surface area contributed by atoms with Gasteiger partial charge in [-0.1, -0.05) is 12.1 Å². The average Bonchev–Trinajstić information content (AvgIpc) is 2.71. The van der Waals surface area contributed by atoms with Crippen molar-refractivity contribution in [2.45, 2.75) is 26.4 Å². The summed E-state index contributed by atoms with van der Waals surface area (Å²) < 4.78 is 10.8. The largest absolute Gasteiger partial charge is 0.372 e. The molecule has 2 nitrogen and oxygen atoms in total. The van der Waals surface area contributed by atoms with Crippen LogP contribution in [0.5, 0.6) is 0 Å². The Kier molecular flexibility index (Phi) is 1.28. The Morgan fingerprint density at radius 1 is 0.750 bits per heavy atom. The maximum Gasteiger partial charge on any atom is 0.0728 e. The summed E-state index contributed by atoms with van der Waals surface area (Å²) in [6, 6.07) is 4.33. The van der Waals surface area contributed by atoms with Gasteiger partial charge in [0, 0.05) is 0 Å². The van der Waals surface area contributed by atoms with Crippen LogP contribution in [-0.2, 0) is 35.9 Å². The molecule has 0 aromatic heterocycles. The van der Waals surface area contributed by atoms with E-state index in [1.54, 1.807) is 0 Å². The Labute approximate surface area is 71.1 Å². The van der Waals surface area contributed by atoms with Crippen LogP contribution in [0.4, 0.5) is 0 Å². The highest BCUT2D eigenvalue weighted by atomic mass is 16.5. The van der Waals surface area contributed by atoms with Gasteiger partial charge < -0.3 is 9.47 Å². The molecule has 1 aromatic rings. The monoisotopic (exact) mass is 162 g/mol. The highest BCUT2D eigenvalue weighted by Crippen LogP contribution is 2.30. The highest BCUT2D eigenvalue weighted by molar-refractivity contribution is 5.42. The first-order chi connectivity index (χ1) is 5.95. The summed E-state index contributed by atoms with van der Waals surface area (Å²) in [5.74, 6) is 0. The van der Waals surface area contributed by atoms with E-state index in [4.69, 9.17) is 9.47 Å². The molecule has 3 rings (SSSR count). The van der Waals surface area contributed by atoms with Gasteiger partial charge in [-0.2, -0.15) is 0 Å². The zero-order valence-electron chi connectivity index (χ0n) is 6.80. The Balaban J connectivity index is 2.24. The second-order valence-corrected chi connectivity index (χ2v) is 3.33. The van der Waals surface area contributed by atoms with Crippen LogP contribution in [0.2, 0.25) is 0 Å². The standard InChI is InChI=1S/C10H10O2/c1-2-8-4-12-6-10(8)9-5-11-3-7(1)9/h1-2H,3-6H2. The molecule has 2 aliphatic heterocycles. The number of hydrogen-bond acceptors (Lipinski definition) is 2. The van der Waals surface area contributed by atoms with E-state index >= 15 is 0 Å². The van der Waals surface area contributed by atoms with Crippen molar-refractivity contribution >= 4 is 0 Å². The van der Waals surface area contributed by atoms with Gasteiger partial charge in [0.25, 0.3) is 0 Å². The first-order valence-corrected chi connectivity index (χ1v) is 4.23. The molecular formula is C10H10O2. The molecule has 1 aromatic carbocycles. The molecule has 0 radical (unpaired) electrons. The topological polar surface area (TPSA) is 18.5 Å². The Morgan fingerprint density at radius 2 is 1.25 bits per heavy atom. The first kappa shape index (κ1) is 6.63. The normalized spacial score (nSPS) is 19.3. The van der Waals surface area contributed by atoms with Crippen molar-refractivity contribution in [1.29, 1.82) is 0 Å². The van der Waals surface area contributed by atoms with Gasteiger partial charge in [0.1, 0.15) is 0 Å². The zero-order valence-corrected chi connectivity index (χ0v) is 6.80. The molecule has 0 atom stereocenters. The van der Waals surface area contributed by atoms with Crippen LogP contribution in [-0.4, -0.2) is 0 Å².